The van der Waals surface area contributed by atoms with Crippen LogP contribution < -0.4 is 16.0 Å². The Hall–Kier alpha value is -4.54. The van der Waals surface area contributed by atoms with Crippen LogP contribution >= 0.6 is 11.3 Å². The van der Waals surface area contributed by atoms with E-state index in [1.807, 2.05) is 0 Å². The van der Waals surface area contributed by atoms with Crippen molar-refractivity contribution < 1.29 is 32.1 Å². The molecule has 1 aliphatic heterocycles. The fraction of sp³-hybridized carbons (Fsp3) is 0.318. The van der Waals surface area contributed by atoms with Gasteiger partial charge in [-0.05, 0) is 18.6 Å². The molecule has 0 spiro atoms. The number of thiazole rings is 1. The van der Waals surface area contributed by atoms with Crippen LogP contribution in [0.2, 0.25) is 0 Å². The fourth-order valence-electron chi connectivity index (χ4n) is 3.74. The largest absolute Gasteiger partial charge is 0.433 e. The van der Waals surface area contributed by atoms with E-state index in [4.69, 9.17) is 4.52 Å². The maximum atomic E-state index is 13.2. The van der Waals surface area contributed by atoms with Gasteiger partial charge in [0.1, 0.15) is 28.0 Å². The molecule has 0 radical (unpaired) electrons. The fourth-order valence-corrected chi connectivity index (χ4v) is 4.47. The molecule has 0 bridgehead atoms. The Morgan fingerprint density at radius 3 is 2.69 bits per heavy atom. The summed E-state index contributed by atoms with van der Waals surface area (Å²) < 4.78 is 43.9. The van der Waals surface area contributed by atoms with E-state index in [9.17, 15) is 27.6 Å². The number of halogens is 3. The van der Waals surface area contributed by atoms with Gasteiger partial charge in [0.2, 0.25) is 18.2 Å². The number of rotatable bonds is 9. The van der Waals surface area contributed by atoms with Crippen LogP contribution in [0.25, 0.3) is 10.6 Å². The summed E-state index contributed by atoms with van der Waals surface area (Å²) in [6, 6.07) is 1.33. The third kappa shape index (κ3) is 6.14. The number of nitrogens with zero attached hydrogens (tertiary/aromatic N) is 6. The van der Waals surface area contributed by atoms with Gasteiger partial charge < -0.3 is 25.4 Å². The van der Waals surface area contributed by atoms with Crippen LogP contribution in [0.1, 0.15) is 23.0 Å². The third-order valence-electron chi connectivity index (χ3n) is 5.42. The first kappa shape index (κ1) is 27.5. The van der Waals surface area contributed by atoms with Gasteiger partial charge in [-0.2, -0.15) is 18.2 Å². The van der Waals surface area contributed by atoms with E-state index in [-0.39, 0.29) is 48.6 Å². The highest BCUT2D eigenvalue weighted by atomic mass is 32.1. The van der Waals surface area contributed by atoms with E-state index in [0.29, 0.717) is 22.8 Å². The van der Waals surface area contributed by atoms with Crippen LogP contribution in [0.15, 0.2) is 33.7 Å². The molecule has 0 aromatic carbocycles. The summed E-state index contributed by atoms with van der Waals surface area (Å²) in [7, 11) is 1.57. The summed E-state index contributed by atoms with van der Waals surface area (Å²) in [5, 5.41) is 14.0. The number of imide groups is 1. The van der Waals surface area contributed by atoms with Crippen molar-refractivity contribution in [3.63, 3.8) is 0 Å². The van der Waals surface area contributed by atoms with Gasteiger partial charge in [-0.1, -0.05) is 5.16 Å². The van der Waals surface area contributed by atoms with E-state index in [0.717, 1.165) is 22.4 Å². The maximum absolute atomic E-state index is 13.2. The van der Waals surface area contributed by atoms with Crippen LogP contribution in [0.5, 0.6) is 0 Å². The van der Waals surface area contributed by atoms with Gasteiger partial charge in [0.15, 0.2) is 5.82 Å². The zero-order valence-electron chi connectivity index (χ0n) is 20.8. The maximum Gasteiger partial charge on any atom is 0.433 e. The van der Waals surface area contributed by atoms with Crippen molar-refractivity contribution in [2.45, 2.75) is 26.6 Å². The highest BCUT2D eigenvalue weighted by Crippen LogP contribution is 2.33. The first-order valence-corrected chi connectivity index (χ1v) is 12.1. The lowest BCUT2D eigenvalue weighted by atomic mass is 10.1. The number of hydrogen-bond acceptors (Lipinski definition) is 12. The molecule has 0 fully saturated rings. The Labute approximate surface area is 223 Å². The second-order valence-corrected chi connectivity index (χ2v) is 9.11. The summed E-state index contributed by atoms with van der Waals surface area (Å²) in [4.78, 5) is 51.7. The van der Waals surface area contributed by atoms with Gasteiger partial charge in [0.05, 0.1) is 19.8 Å². The van der Waals surface area contributed by atoms with Gasteiger partial charge in [-0.3, -0.25) is 24.3 Å². The van der Waals surface area contributed by atoms with Gasteiger partial charge in [0, 0.05) is 31.1 Å². The van der Waals surface area contributed by atoms with Crippen molar-refractivity contribution >= 4 is 35.4 Å². The van der Waals surface area contributed by atoms with Gasteiger partial charge in [0.25, 0.3) is 5.91 Å². The molecule has 1 aliphatic rings. The number of pyridine rings is 1. The molecule has 4 heterocycles. The predicted molar refractivity (Wildman–Crippen MR) is 130 cm³/mol. The number of aryl methyl sites for hydroxylation is 2. The molecule has 13 nitrogen and oxygen atoms in total. The summed E-state index contributed by atoms with van der Waals surface area (Å²) in [5.74, 6) is -0.329. The standard InChI is InChI=1S/C22H22F3N9O4S/c1-11-4-13(5-27-18(11)22(23,24)25)20-31-15(8-39-20)30-16(36)7-33-9-28-19(26-3)17(33)21(37)34(10-35)6-14-29-12(2)38-32-14/h4-5,8,10,26,28H,6-7,9H2,1-3H3,(H,30,36). The SMILES string of the molecule is CNC1=C(C(=O)N(C=O)Cc2noc(C)n2)N(CC(=O)Nc2csc(-c3cnc(C(F)(F)F)c(C)c3)n2)CN1. The minimum atomic E-state index is -4.56. The van der Waals surface area contributed by atoms with Gasteiger partial charge in [-0.15, -0.1) is 11.3 Å². The number of hydrogen-bond donors (Lipinski definition) is 3. The summed E-state index contributed by atoms with van der Waals surface area (Å²) in [5.41, 5.74) is -0.610. The number of amides is 3. The average Bonchev–Trinajstić information content (AvgIpc) is 3.61. The second kappa shape index (κ2) is 11.1. The minimum Gasteiger partial charge on any atom is -0.373 e. The number of aromatic nitrogens is 4. The van der Waals surface area contributed by atoms with E-state index in [1.165, 1.54) is 23.3 Å². The van der Waals surface area contributed by atoms with E-state index in [1.54, 1.807) is 14.0 Å². The van der Waals surface area contributed by atoms with E-state index < -0.39 is 23.7 Å². The van der Waals surface area contributed by atoms with E-state index >= 15 is 0 Å². The van der Waals surface area contributed by atoms with Crippen molar-refractivity contribution in [1.29, 1.82) is 0 Å². The molecule has 0 unspecified atom stereocenters. The van der Waals surface area contributed by atoms with Crippen molar-refractivity contribution in [1.82, 2.24) is 40.5 Å². The highest BCUT2D eigenvalue weighted by molar-refractivity contribution is 7.13. The number of carbonyl (C=O) groups excluding carboxylic acids is 3. The molecule has 17 heteroatoms. The third-order valence-corrected chi connectivity index (χ3v) is 6.31. The van der Waals surface area contributed by atoms with Crippen molar-refractivity contribution in [3.8, 4) is 10.6 Å². The van der Waals surface area contributed by atoms with Crippen molar-refractivity contribution in [2.75, 3.05) is 25.6 Å². The lowest BCUT2D eigenvalue weighted by Gasteiger charge is -2.22. The molecule has 206 valence electrons. The highest BCUT2D eigenvalue weighted by Gasteiger charge is 2.35. The lowest BCUT2D eigenvalue weighted by Crippen LogP contribution is -2.40. The monoisotopic (exact) mass is 565 g/mol. The number of nitrogens with one attached hydrogen (secondary N) is 3. The molecule has 3 amide bonds. The van der Waals surface area contributed by atoms with Crippen molar-refractivity contribution in [2.24, 2.45) is 0 Å². The van der Waals surface area contributed by atoms with Crippen LogP contribution in [0.4, 0.5) is 19.0 Å². The Bertz CT molecular complexity index is 1440. The van der Waals surface area contributed by atoms with E-state index in [2.05, 4.69) is 36.1 Å². The number of alkyl halides is 3. The molecular weight excluding hydrogens is 543 g/mol. The lowest BCUT2D eigenvalue weighted by molar-refractivity contribution is -0.141. The Balaban J connectivity index is 1.44. The Kier molecular flexibility index (Phi) is 7.80. The molecule has 4 rings (SSSR count). The Morgan fingerprint density at radius 1 is 1.31 bits per heavy atom. The predicted octanol–water partition coefficient (Wildman–Crippen LogP) is 1.60. The van der Waals surface area contributed by atoms with Crippen LogP contribution in [0.3, 0.4) is 0 Å². The second-order valence-electron chi connectivity index (χ2n) is 8.25. The van der Waals surface area contributed by atoms with Gasteiger partial charge >= 0.3 is 6.18 Å². The average molecular weight is 566 g/mol. The molecule has 0 saturated heterocycles. The smallest absolute Gasteiger partial charge is 0.373 e. The summed E-state index contributed by atoms with van der Waals surface area (Å²) in [6.07, 6.45) is -3.15. The molecule has 0 saturated carbocycles. The summed E-state index contributed by atoms with van der Waals surface area (Å²) in [6.45, 7) is 2.46. The molecule has 0 aliphatic carbocycles. The van der Waals surface area contributed by atoms with Crippen LogP contribution in [-0.4, -0.2) is 68.4 Å². The number of anilines is 1. The quantitative estimate of drug-likeness (QED) is 0.324. The first-order valence-electron chi connectivity index (χ1n) is 11.3. The van der Waals surface area contributed by atoms with Crippen LogP contribution in [-0.2, 0) is 27.1 Å². The molecule has 3 aromatic heterocycles. The zero-order valence-corrected chi connectivity index (χ0v) is 21.6. The molecule has 0 atom stereocenters. The van der Waals surface area contributed by atoms with Crippen molar-refractivity contribution in [3.05, 3.63) is 52.1 Å². The topological polar surface area (TPSA) is 158 Å². The minimum absolute atomic E-state index is 0.0465. The molecular formula is C22H22F3N9O4S. The van der Waals surface area contributed by atoms with Gasteiger partial charge in [-0.25, -0.2) is 4.98 Å². The molecule has 3 aromatic rings. The summed E-state index contributed by atoms with van der Waals surface area (Å²) >= 11 is 1.12. The zero-order chi connectivity index (χ0) is 28.3. The Morgan fingerprint density at radius 2 is 2.08 bits per heavy atom. The first-order chi connectivity index (χ1) is 18.5. The molecule has 3 N–H and O–H groups in total. The van der Waals surface area contributed by atoms with Crippen LogP contribution in [0, 0.1) is 13.8 Å². The normalized spacial score (nSPS) is 13.3. The number of carbonyl (C=O) groups is 3. The molecule has 39 heavy (non-hydrogen) atoms.